The number of halogens is 1. The molecule has 0 fully saturated rings. The number of hydrogen-bond acceptors (Lipinski definition) is 5. The van der Waals surface area contributed by atoms with Crippen LogP contribution in [0.15, 0.2) is 36.5 Å². The van der Waals surface area contributed by atoms with Gasteiger partial charge in [-0.2, -0.15) is 0 Å². The Bertz CT molecular complexity index is 700. The fourth-order valence-corrected chi connectivity index (χ4v) is 2.23. The molecule has 0 bridgehead atoms. The summed E-state index contributed by atoms with van der Waals surface area (Å²) in [6.07, 6.45) is 1.69. The molecule has 6 nitrogen and oxygen atoms in total. The lowest BCUT2D eigenvalue weighted by Gasteiger charge is -2.11. The molecule has 0 spiro atoms. The lowest BCUT2D eigenvalue weighted by atomic mass is 10.2. The van der Waals surface area contributed by atoms with E-state index in [0.717, 1.165) is 3.57 Å². The highest BCUT2D eigenvalue weighted by Gasteiger charge is 2.11. The summed E-state index contributed by atoms with van der Waals surface area (Å²) >= 11 is 7.27. The summed E-state index contributed by atoms with van der Waals surface area (Å²) in [4.78, 5) is 16.4. The van der Waals surface area contributed by atoms with Gasteiger partial charge in [-0.05, 0) is 59.1 Å². The van der Waals surface area contributed by atoms with Crippen molar-refractivity contribution < 1.29 is 14.3 Å². The van der Waals surface area contributed by atoms with E-state index in [2.05, 4.69) is 38.2 Å². The van der Waals surface area contributed by atoms with E-state index in [0.29, 0.717) is 22.9 Å². The molecule has 0 saturated heterocycles. The fraction of sp³-hybridized carbons (Fsp3) is 0.133. The van der Waals surface area contributed by atoms with Crippen molar-refractivity contribution in [1.29, 1.82) is 0 Å². The average molecular weight is 443 g/mol. The van der Waals surface area contributed by atoms with Gasteiger partial charge in [-0.15, -0.1) is 0 Å². The lowest BCUT2D eigenvalue weighted by molar-refractivity contribution is 0.0977. The second-order valence-corrected chi connectivity index (χ2v) is 6.03. The molecule has 1 aromatic heterocycles. The van der Waals surface area contributed by atoms with Crippen LogP contribution in [-0.2, 0) is 0 Å². The van der Waals surface area contributed by atoms with Crippen molar-refractivity contribution in [2.24, 2.45) is 0 Å². The molecule has 2 rings (SSSR count). The number of carbonyl (C=O) groups excluding carboxylic acids is 1. The number of anilines is 1. The van der Waals surface area contributed by atoms with Crippen molar-refractivity contribution in [3.05, 3.63) is 45.7 Å². The highest BCUT2D eigenvalue weighted by Crippen LogP contribution is 2.22. The highest BCUT2D eigenvalue weighted by molar-refractivity contribution is 14.1. The minimum Gasteiger partial charge on any atom is -0.497 e. The van der Waals surface area contributed by atoms with Gasteiger partial charge in [0.2, 0.25) is 0 Å². The molecule has 0 unspecified atom stereocenters. The van der Waals surface area contributed by atoms with E-state index in [9.17, 15) is 4.79 Å². The molecule has 1 heterocycles. The van der Waals surface area contributed by atoms with Gasteiger partial charge in [0.15, 0.2) is 5.11 Å². The molecule has 0 atom stereocenters. The molecule has 0 aliphatic heterocycles. The number of nitrogens with zero attached hydrogens (tertiary/aromatic N) is 1. The Hall–Kier alpha value is -1.94. The topological polar surface area (TPSA) is 72.5 Å². The largest absolute Gasteiger partial charge is 0.497 e. The summed E-state index contributed by atoms with van der Waals surface area (Å²) in [5, 5.41) is 5.60. The number of pyridine rings is 1. The zero-order chi connectivity index (χ0) is 16.8. The van der Waals surface area contributed by atoms with Gasteiger partial charge in [0, 0.05) is 21.4 Å². The average Bonchev–Trinajstić information content (AvgIpc) is 2.56. The molecule has 2 aromatic rings. The number of hydrogen-bond donors (Lipinski definition) is 2. The number of nitrogens with one attached hydrogen (secondary N) is 2. The van der Waals surface area contributed by atoms with Gasteiger partial charge in [-0.1, -0.05) is 0 Å². The first-order valence-corrected chi connectivity index (χ1v) is 7.97. The first-order valence-electron chi connectivity index (χ1n) is 6.49. The van der Waals surface area contributed by atoms with Crippen LogP contribution in [-0.4, -0.2) is 30.2 Å². The maximum atomic E-state index is 12.3. The first kappa shape index (κ1) is 17.4. The normalized spacial score (nSPS) is 9.87. The van der Waals surface area contributed by atoms with Crippen LogP contribution in [0, 0.1) is 3.57 Å². The number of aromatic nitrogens is 1. The van der Waals surface area contributed by atoms with Gasteiger partial charge in [-0.3, -0.25) is 10.1 Å². The summed E-state index contributed by atoms with van der Waals surface area (Å²) < 4.78 is 11.3. The van der Waals surface area contributed by atoms with E-state index < -0.39 is 0 Å². The van der Waals surface area contributed by atoms with Crippen LogP contribution in [0.4, 0.5) is 5.82 Å². The molecule has 0 aliphatic carbocycles. The van der Waals surface area contributed by atoms with Gasteiger partial charge in [0.1, 0.15) is 17.3 Å². The molecule has 2 N–H and O–H groups in total. The van der Waals surface area contributed by atoms with E-state index >= 15 is 0 Å². The Morgan fingerprint density at radius 1 is 1.17 bits per heavy atom. The fourth-order valence-electron chi connectivity index (χ4n) is 1.71. The van der Waals surface area contributed by atoms with Gasteiger partial charge in [0.05, 0.1) is 14.2 Å². The van der Waals surface area contributed by atoms with Crippen LogP contribution in [0.25, 0.3) is 0 Å². The SMILES string of the molecule is COc1cc(OC)cc(C(=O)NC(=S)Nc2ccc(I)cn2)c1. The maximum absolute atomic E-state index is 12.3. The Labute approximate surface area is 152 Å². The standard InChI is InChI=1S/C15H14IN3O3S/c1-21-11-5-9(6-12(7-11)22-2)14(20)19-15(23)18-13-4-3-10(16)8-17-13/h3-8H,1-2H3,(H2,17,18,19,20,23). The molecule has 0 saturated carbocycles. The molecule has 0 aliphatic rings. The second-order valence-electron chi connectivity index (χ2n) is 4.37. The quantitative estimate of drug-likeness (QED) is 0.560. The summed E-state index contributed by atoms with van der Waals surface area (Å²) in [7, 11) is 3.04. The number of benzene rings is 1. The summed E-state index contributed by atoms with van der Waals surface area (Å²) in [5.74, 6) is 1.23. The number of methoxy groups -OCH3 is 2. The zero-order valence-electron chi connectivity index (χ0n) is 12.4. The molecule has 8 heteroatoms. The van der Waals surface area contributed by atoms with E-state index in [-0.39, 0.29) is 11.0 Å². The van der Waals surface area contributed by atoms with E-state index in [4.69, 9.17) is 21.7 Å². The van der Waals surface area contributed by atoms with Crippen molar-refractivity contribution in [3.63, 3.8) is 0 Å². The third kappa shape index (κ3) is 5.03. The van der Waals surface area contributed by atoms with Crippen LogP contribution >= 0.6 is 34.8 Å². The highest BCUT2D eigenvalue weighted by atomic mass is 127. The summed E-state index contributed by atoms with van der Waals surface area (Å²) in [6, 6.07) is 8.54. The van der Waals surface area contributed by atoms with Gasteiger partial charge >= 0.3 is 0 Å². The van der Waals surface area contributed by atoms with Crippen LogP contribution in [0.3, 0.4) is 0 Å². The Kier molecular flexibility index (Phi) is 6.11. The molecule has 120 valence electrons. The molecule has 1 aromatic carbocycles. The molecular weight excluding hydrogens is 429 g/mol. The molecular formula is C15H14IN3O3S. The maximum Gasteiger partial charge on any atom is 0.257 e. The van der Waals surface area contributed by atoms with Gasteiger partial charge in [-0.25, -0.2) is 4.98 Å². The molecule has 0 radical (unpaired) electrons. The van der Waals surface area contributed by atoms with E-state index in [1.807, 2.05) is 6.07 Å². The van der Waals surface area contributed by atoms with Crippen LogP contribution in [0.5, 0.6) is 11.5 Å². The van der Waals surface area contributed by atoms with Crippen molar-refractivity contribution >= 4 is 51.6 Å². The van der Waals surface area contributed by atoms with E-state index in [1.54, 1.807) is 30.5 Å². The Balaban J connectivity index is 2.06. The van der Waals surface area contributed by atoms with Crippen LogP contribution < -0.4 is 20.1 Å². The van der Waals surface area contributed by atoms with Crippen molar-refractivity contribution in [2.75, 3.05) is 19.5 Å². The third-order valence-electron chi connectivity index (χ3n) is 2.81. The molecule has 1 amide bonds. The van der Waals surface area contributed by atoms with Crippen LogP contribution in [0.2, 0.25) is 0 Å². The van der Waals surface area contributed by atoms with Gasteiger partial charge in [0.25, 0.3) is 5.91 Å². The Morgan fingerprint density at radius 2 is 1.83 bits per heavy atom. The number of carbonyl (C=O) groups is 1. The smallest absolute Gasteiger partial charge is 0.257 e. The predicted octanol–water partition coefficient (Wildman–Crippen LogP) is 2.83. The lowest BCUT2D eigenvalue weighted by Crippen LogP contribution is -2.34. The van der Waals surface area contributed by atoms with Crippen molar-refractivity contribution in [3.8, 4) is 11.5 Å². The predicted molar refractivity (Wildman–Crippen MR) is 100 cm³/mol. The summed E-state index contributed by atoms with van der Waals surface area (Å²) in [5.41, 5.74) is 0.376. The summed E-state index contributed by atoms with van der Waals surface area (Å²) in [6.45, 7) is 0. The number of amides is 1. The second kappa shape index (κ2) is 8.06. The van der Waals surface area contributed by atoms with E-state index in [1.165, 1.54) is 14.2 Å². The zero-order valence-corrected chi connectivity index (χ0v) is 15.4. The number of rotatable bonds is 4. The third-order valence-corrected chi connectivity index (χ3v) is 3.65. The monoisotopic (exact) mass is 443 g/mol. The van der Waals surface area contributed by atoms with Crippen LogP contribution in [0.1, 0.15) is 10.4 Å². The Morgan fingerprint density at radius 3 is 2.35 bits per heavy atom. The van der Waals surface area contributed by atoms with Crippen molar-refractivity contribution in [2.45, 2.75) is 0 Å². The number of ether oxygens (including phenoxy) is 2. The van der Waals surface area contributed by atoms with Crippen molar-refractivity contribution in [1.82, 2.24) is 10.3 Å². The molecule has 23 heavy (non-hydrogen) atoms. The minimum atomic E-state index is -0.370. The number of thiocarbonyl (C=S) groups is 1. The minimum absolute atomic E-state index is 0.158. The first-order chi connectivity index (χ1) is 11.0. The van der Waals surface area contributed by atoms with Gasteiger partial charge < -0.3 is 14.8 Å².